The van der Waals surface area contributed by atoms with Gasteiger partial charge in [0.05, 0.1) is 11.2 Å². The normalized spacial score (nSPS) is 17.2. The van der Waals surface area contributed by atoms with Crippen LogP contribution in [0.2, 0.25) is 0 Å². The molecule has 4 nitrogen and oxygen atoms in total. The molecule has 0 saturated heterocycles. The molecule has 0 amide bonds. The summed E-state index contributed by atoms with van der Waals surface area (Å²) >= 11 is 0. The van der Waals surface area contributed by atoms with Crippen LogP contribution in [-0.2, 0) is 14.5 Å². The van der Waals surface area contributed by atoms with Gasteiger partial charge in [-0.3, -0.25) is 0 Å². The molecule has 1 aromatic carbocycles. The summed E-state index contributed by atoms with van der Waals surface area (Å²) in [5.41, 5.74) is 3.65. The summed E-state index contributed by atoms with van der Waals surface area (Å²) in [5.74, 6) is -0.377. The lowest BCUT2D eigenvalue weighted by Crippen LogP contribution is -2.21. The van der Waals surface area contributed by atoms with E-state index in [0.717, 1.165) is 0 Å². The lowest BCUT2D eigenvalue weighted by atomic mass is 10.1. The van der Waals surface area contributed by atoms with Gasteiger partial charge in [0.1, 0.15) is 0 Å². The third-order valence-electron chi connectivity index (χ3n) is 3.15. The Morgan fingerprint density at radius 2 is 1.68 bits per heavy atom. The van der Waals surface area contributed by atoms with Gasteiger partial charge in [-0.05, 0) is 44.0 Å². The fourth-order valence-corrected chi connectivity index (χ4v) is 2.05. The van der Waals surface area contributed by atoms with E-state index in [9.17, 15) is 4.79 Å². The summed E-state index contributed by atoms with van der Waals surface area (Å²) in [5, 5.41) is 0. The van der Waals surface area contributed by atoms with E-state index < -0.39 is 11.9 Å². The Hall–Kier alpha value is -2.17. The van der Waals surface area contributed by atoms with Gasteiger partial charge in [0.15, 0.2) is 0 Å². The van der Waals surface area contributed by atoms with Crippen LogP contribution in [-0.4, -0.2) is 11.6 Å². The second kappa shape index (κ2) is 5.55. The van der Waals surface area contributed by atoms with E-state index >= 15 is 0 Å². The largest absolute Gasteiger partial charge is 0.425 e. The Morgan fingerprint density at radius 3 is 2.23 bits per heavy atom. The molecule has 0 N–H and O–H groups in total. The van der Waals surface area contributed by atoms with Crippen LogP contribution in [0.5, 0.6) is 0 Å². The van der Waals surface area contributed by atoms with Gasteiger partial charge >= 0.3 is 5.97 Å². The van der Waals surface area contributed by atoms with Gasteiger partial charge in [-0.1, -0.05) is 36.4 Å². The standard InChI is InChI=1S/C12H14O4.C6H4/c1-12(2,3)16-15-11-9-7-5-4-6-8(9)10(13)14-11;1-2-5-4-6(5)3-1/h4-7,11H,1-3H3;1-4H. The first-order valence-corrected chi connectivity index (χ1v) is 7.19. The third-order valence-corrected chi connectivity index (χ3v) is 3.15. The Morgan fingerprint density at radius 1 is 1.00 bits per heavy atom. The maximum atomic E-state index is 11.4. The minimum Gasteiger partial charge on any atom is -0.425 e. The Labute approximate surface area is 129 Å². The number of hydrogen-bond donors (Lipinski definition) is 0. The van der Waals surface area contributed by atoms with Gasteiger partial charge in [-0.2, -0.15) is 4.89 Å². The van der Waals surface area contributed by atoms with Gasteiger partial charge < -0.3 is 4.74 Å². The molecule has 4 rings (SSSR count). The molecule has 1 aliphatic heterocycles. The summed E-state index contributed by atoms with van der Waals surface area (Å²) in [6.45, 7) is 5.57. The molecule has 1 unspecified atom stereocenters. The average Bonchev–Trinajstić information content (AvgIpc) is 2.94. The van der Waals surface area contributed by atoms with E-state index in [-0.39, 0.29) is 5.97 Å². The molecule has 4 heteroatoms. The average molecular weight is 298 g/mol. The van der Waals surface area contributed by atoms with Crippen molar-refractivity contribution in [2.75, 3.05) is 0 Å². The minimum absolute atomic E-state index is 0.377. The zero-order valence-electron chi connectivity index (χ0n) is 12.8. The predicted molar refractivity (Wildman–Crippen MR) is 82.0 cm³/mol. The number of rotatable bonds is 2. The molecule has 1 aromatic rings. The van der Waals surface area contributed by atoms with Crippen LogP contribution in [0.1, 0.15) is 43.0 Å². The van der Waals surface area contributed by atoms with Crippen LogP contribution in [0.3, 0.4) is 0 Å². The topological polar surface area (TPSA) is 44.8 Å². The van der Waals surface area contributed by atoms with E-state index in [4.69, 9.17) is 14.5 Å². The highest BCUT2D eigenvalue weighted by molar-refractivity contribution is 5.93. The van der Waals surface area contributed by atoms with Crippen molar-refractivity contribution >= 4 is 5.97 Å². The van der Waals surface area contributed by atoms with Crippen molar-refractivity contribution in [2.45, 2.75) is 32.7 Å². The number of carbonyl (C=O) groups excluding carboxylic acids is 1. The van der Waals surface area contributed by atoms with E-state index in [1.54, 1.807) is 18.2 Å². The highest BCUT2D eigenvalue weighted by Gasteiger charge is 2.33. The summed E-state index contributed by atoms with van der Waals surface area (Å²) < 4.78 is 5.04. The SMILES string of the molecule is CC(C)(C)OOC1OC(=O)c2ccccc21.c1cc2cc-2c1. The lowest BCUT2D eigenvalue weighted by Gasteiger charge is -2.20. The van der Waals surface area contributed by atoms with E-state index in [1.807, 2.05) is 26.8 Å². The minimum atomic E-state index is -0.761. The predicted octanol–water partition coefficient (Wildman–Crippen LogP) is 4.27. The summed E-state index contributed by atoms with van der Waals surface area (Å²) in [4.78, 5) is 21.7. The molecular formula is C18H18O4. The molecule has 0 fully saturated rings. The molecule has 0 spiro atoms. The summed E-state index contributed by atoms with van der Waals surface area (Å²) in [6, 6.07) is 15.6. The van der Waals surface area contributed by atoms with Crippen molar-refractivity contribution in [2.24, 2.45) is 0 Å². The molecule has 1 heterocycles. The smallest absolute Gasteiger partial charge is 0.341 e. The molecule has 22 heavy (non-hydrogen) atoms. The maximum Gasteiger partial charge on any atom is 0.341 e. The van der Waals surface area contributed by atoms with Crippen LogP contribution in [0.4, 0.5) is 0 Å². The van der Waals surface area contributed by atoms with Crippen LogP contribution < -0.4 is 0 Å². The first kappa shape index (κ1) is 14.8. The van der Waals surface area contributed by atoms with Crippen molar-refractivity contribution in [3.63, 3.8) is 0 Å². The molecule has 0 radical (unpaired) electrons. The van der Waals surface area contributed by atoms with Gasteiger partial charge in [-0.25, -0.2) is 9.68 Å². The van der Waals surface area contributed by atoms with E-state index in [2.05, 4.69) is 24.3 Å². The highest BCUT2D eigenvalue weighted by atomic mass is 17.2. The monoisotopic (exact) mass is 298 g/mol. The number of benzene rings is 2. The van der Waals surface area contributed by atoms with Gasteiger partial charge in [0.2, 0.25) is 0 Å². The van der Waals surface area contributed by atoms with E-state index in [0.29, 0.717) is 11.1 Å². The van der Waals surface area contributed by atoms with Crippen LogP contribution in [0.25, 0.3) is 11.1 Å². The number of carbonyl (C=O) groups is 1. The Balaban J connectivity index is 0.000000196. The molecule has 0 aromatic heterocycles. The molecule has 114 valence electrons. The van der Waals surface area contributed by atoms with Crippen molar-refractivity contribution in [3.05, 3.63) is 59.7 Å². The molecule has 0 bridgehead atoms. The fourth-order valence-electron chi connectivity index (χ4n) is 2.05. The first-order valence-electron chi connectivity index (χ1n) is 7.19. The molecular weight excluding hydrogens is 280 g/mol. The van der Waals surface area contributed by atoms with Crippen LogP contribution in [0.15, 0.2) is 48.5 Å². The van der Waals surface area contributed by atoms with Crippen LogP contribution >= 0.6 is 0 Å². The Kier molecular flexibility index (Phi) is 3.72. The maximum absolute atomic E-state index is 11.4. The van der Waals surface area contributed by atoms with Crippen molar-refractivity contribution < 1.29 is 19.3 Å². The summed E-state index contributed by atoms with van der Waals surface area (Å²) in [7, 11) is 0. The lowest BCUT2D eigenvalue weighted by molar-refractivity contribution is -0.409. The molecule has 3 aliphatic rings. The second-order valence-corrected chi connectivity index (χ2v) is 6.20. The molecule has 2 aliphatic carbocycles. The number of cyclic esters (lactones) is 1. The highest BCUT2D eigenvalue weighted by Crippen LogP contribution is 2.33. The van der Waals surface area contributed by atoms with Crippen molar-refractivity contribution in [3.8, 4) is 11.1 Å². The van der Waals surface area contributed by atoms with Crippen molar-refractivity contribution in [1.82, 2.24) is 0 Å². The fraction of sp³-hybridized carbons (Fsp3) is 0.278. The number of fused-ring (bicyclic) bond motifs is 2. The number of esters is 1. The van der Waals surface area contributed by atoms with E-state index in [1.165, 1.54) is 11.1 Å². The molecule has 0 saturated carbocycles. The number of ether oxygens (including phenoxy) is 1. The van der Waals surface area contributed by atoms with Crippen molar-refractivity contribution in [1.29, 1.82) is 0 Å². The number of hydrogen-bond acceptors (Lipinski definition) is 4. The first-order chi connectivity index (χ1) is 10.4. The van der Waals surface area contributed by atoms with Gasteiger partial charge in [-0.15, -0.1) is 0 Å². The van der Waals surface area contributed by atoms with Gasteiger partial charge in [0, 0.05) is 5.56 Å². The van der Waals surface area contributed by atoms with Crippen LogP contribution in [0, 0.1) is 0 Å². The quantitative estimate of drug-likeness (QED) is 0.402. The second-order valence-electron chi connectivity index (χ2n) is 6.20. The van der Waals surface area contributed by atoms with Gasteiger partial charge in [0.25, 0.3) is 6.29 Å². The zero-order chi connectivity index (χ0) is 15.7. The Bertz CT molecular complexity index is 683. The summed E-state index contributed by atoms with van der Waals surface area (Å²) in [6.07, 6.45) is -0.761. The zero-order valence-corrected chi connectivity index (χ0v) is 12.8. The third kappa shape index (κ3) is 3.35. The molecule has 1 atom stereocenters.